The van der Waals surface area contributed by atoms with E-state index in [4.69, 9.17) is 4.74 Å². The van der Waals surface area contributed by atoms with Crippen LogP contribution in [0.25, 0.3) is 0 Å². The van der Waals surface area contributed by atoms with Gasteiger partial charge in [0.25, 0.3) is 0 Å². The molecule has 1 aromatic carbocycles. The Morgan fingerprint density at radius 3 is 2.06 bits per heavy atom. The molecule has 0 unspecified atom stereocenters. The first-order valence-corrected chi connectivity index (χ1v) is 4.58. The molecule has 1 aromatic rings. The third-order valence-electron chi connectivity index (χ3n) is 2.11. The van der Waals surface area contributed by atoms with Gasteiger partial charge in [0, 0.05) is 5.56 Å². The van der Waals surface area contributed by atoms with Crippen molar-refractivity contribution in [3.63, 3.8) is 0 Å². The number of benzene rings is 1. The van der Waals surface area contributed by atoms with Crippen molar-refractivity contribution in [2.75, 3.05) is 14.2 Å². The Bertz CT molecular complexity index is 426. The maximum atomic E-state index is 13.5. The van der Waals surface area contributed by atoms with Gasteiger partial charge in [-0.3, -0.25) is 4.79 Å². The van der Waals surface area contributed by atoms with Gasteiger partial charge in [-0.15, -0.1) is 0 Å². The van der Waals surface area contributed by atoms with Crippen LogP contribution in [0.3, 0.4) is 0 Å². The molecular formula is C11H10F2O4. The number of alkyl halides is 2. The number of carbonyl (C=O) groups is 2. The summed E-state index contributed by atoms with van der Waals surface area (Å²) in [6, 6.07) is 4.57. The molecule has 6 heteroatoms. The zero-order valence-electron chi connectivity index (χ0n) is 9.20. The Hall–Kier alpha value is -1.98. The highest BCUT2D eigenvalue weighted by atomic mass is 19.3. The minimum atomic E-state index is -3.90. The molecule has 0 aromatic heterocycles. The summed E-state index contributed by atoms with van der Waals surface area (Å²) in [5.74, 6) is -7.01. The summed E-state index contributed by atoms with van der Waals surface area (Å²) < 4.78 is 35.8. The summed E-state index contributed by atoms with van der Waals surface area (Å²) >= 11 is 0. The second-order valence-electron chi connectivity index (χ2n) is 3.12. The van der Waals surface area contributed by atoms with Gasteiger partial charge in [0.1, 0.15) is 5.75 Å². The topological polar surface area (TPSA) is 52.6 Å². The van der Waals surface area contributed by atoms with Crippen LogP contribution in [0.5, 0.6) is 5.75 Å². The first-order valence-electron chi connectivity index (χ1n) is 4.58. The number of hydrogen-bond donors (Lipinski definition) is 0. The molecule has 1 rings (SSSR count). The van der Waals surface area contributed by atoms with Gasteiger partial charge in [0.2, 0.25) is 0 Å². The van der Waals surface area contributed by atoms with E-state index in [1.54, 1.807) is 0 Å². The monoisotopic (exact) mass is 244 g/mol. The molecule has 0 heterocycles. The first kappa shape index (κ1) is 13.1. The molecule has 0 spiro atoms. The van der Waals surface area contributed by atoms with Crippen molar-refractivity contribution >= 4 is 11.8 Å². The molecule has 17 heavy (non-hydrogen) atoms. The van der Waals surface area contributed by atoms with E-state index < -0.39 is 23.2 Å². The fourth-order valence-corrected chi connectivity index (χ4v) is 1.15. The SMILES string of the molecule is COC(=O)C(=O)C(F)(F)c1ccc(OC)cc1. The summed E-state index contributed by atoms with van der Waals surface area (Å²) in [6.07, 6.45) is 0. The molecule has 0 N–H and O–H groups in total. The van der Waals surface area contributed by atoms with E-state index in [9.17, 15) is 18.4 Å². The smallest absolute Gasteiger partial charge is 0.381 e. The number of hydrogen-bond acceptors (Lipinski definition) is 4. The molecule has 0 fully saturated rings. The van der Waals surface area contributed by atoms with Crippen LogP contribution < -0.4 is 4.74 Å². The van der Waals surface area contributed by atoms with Crippen molar-refractivity contribution < 1.29 is 27.8 Å². The Morgan fingerprint density at radius 1 is 1.12 bits per heavy atom. The molecule has 4 nitrogen and oxygen atoms in total. The molecule has 0 atom stereocenters. The minimum Gasteiger partial charge on any atom is -0.497 e. The predicted molar refractivity (Wildman–Crippen MR) is 53.9 cm³/mol. The molecule has 0 amide bonds. The number of carbonyl (C=O) groups excluding carboxylic acids is 2. The van der Waals surface area contributed by atoms with E-state index in [0.29, 0.717) is 5.75 Å². The molecule has 0 saturated heterocycles. The molecule has 0 aliphatic rings. The van der Waals surface area contributed by atoms with Gasteiger partial charge in [0.05, 0.1) is 14.2 Å². The quantitative estimate of drug-likeness (QED) is 0.595. The van der Waals surface area contributed by atoms with Gasteiger partial charge in [-0.2, -0.15) is 8.78 Å². The molecule has 0 bridgehead atoms. The van der Waals surface area contributed by atoms with Crippen molar-refractivity contribution in [2.24, 2.45) is 0 Å². The number of ketones is 1. The van der Waals surface area contributed by atoms with E-state index in [2.05, 4.69) is 4.74 Å². The number of esters is 1. The van der Waals surface area contributed by atoms with E-state index >= 15 is 0 Å². The third-order valence-corrected chi connectivity index (χ3v) is 2.11. The second kappa shape index (κ2) is 4.90. The van der Waals surface area contributed by atoms with E-state index in [1.165, 1.54) is 19.2 Å². The fourth-order valence-electron chi connectivity index (χ4n) is 1.15. The van der Waals surface area contributed by atoms with Gasteiger partial charge in [-0.05, 0) is 24.3 Å². The van der Waals surface area contributed by atoms with Crippen LogP contribution in [0, 0.1) is 0 Å². The van der Waals surface area contributed by atoms with Crippen LogP contribution in [0.1, 0.15) is 5.56 Å². The van der Waals surface area contributed by atoms with Crippen LogP contribution in [-0.2, 0) is 20.2 Å². The van der Waals surface area contributed by atoms with Gasteiger partial charge < -0.3 is 9.47 Å². The average molecular weight is 244 g/mol. The molecule has 0 aliphatic heterocycles. The van der Waals surface area contributed by atoms with Crippen molar-refractivity contribution in [1.82, 2.24) is 0 Å². The standard InChI is InChI=1S/C11H10F2O4/c1-16-8-5-3-7(4-6-8)11(12,13)9(14)10(15)17-2/h3-6H,1-2H3. The minimum absolute atomic E-state index is 0.370. The third kappa shape index (κ3) is 2.58. The van der Waals surface area contributed by atoms with E-state index in [-0.39, 0.29) is 0 Å². The van der Waals surface area contributed by atoms with Crippen LogP contribution in [0.15, 0.2) is 24.3 Å². The highest BCUT2D eigenvalue weighted by molar-refractivity contribution is 6.36. The number of rotatable bonds is 4. The fraction of sp³-hybridized carbons (Fsp3) is 0.273. The first-order chi connectivity index (χ1) is 7.93. The average Bonchev–Trinajstić information content (AvgIpc) is 2.36. The summed E-state index contributed by atoms with van der Waals surface area (Å²) in [4.78, 5) is 21.9. The number of ether oxygens (including phenoxy) is 2. The molecule has 92 valence electrons. The van der Waals surface area contributed by atoms with E-state index in [0.717, 1.165) is 19.2 Å². The lowest BCUT2D eigenvalue weighted by atomic mass is 10.0. The number of halogens is 2. The molecular weight excluding hydrogens is 234 g/mol. The zero-order valence-corrected chi connectivity index (χ0v) is 9.20. The number of methoxy groups -OCH3 is 2. The van der Waals surface area contributed by atoms with Gasteiger partial charge in [0.15, 0.2) is 0 Å². The van der Waals surface area contributed by atoms with Crippen molar-refractivity contribution in [3.8, 4) is 5.75 Å². The molecule has 0 saturated carbocycles. The van der Waals surface area contributed by atoms with Crippen LogP contribution in [-0.4, -0.2) is 26.0 Å². The van der Waals surface area contributed by atoms with Gasteiger partial charge in [-0.25, -0.2) is 4.79 Å². The van der Waals surface area contributed by atoms with E-state index in [1.807, 2.05) is 0 Å². The predicted octanol–water partition coefficient (Wildman–Crippen LogP) is 1.53. The lowest BCUT2D eigenvalue weighted by Gasteiger charge is -2.14. The Morgan fingerprint density at radius 2 is 1.65 bits per heavy atom. The lowest BCUT2D eigenvalue weighted by Crippen LogP contribution is -2.33. The normalized spacial score (nSPS) is 10.8. The van der Waals surface area contributed by atoms with Gasteiger partial charge >= 0.3 is 17.7 Å². The zero-order chi connectivity index (χ0) is 13.1. The highest BCUT2D eigenvalue weighted by Crippen LogP contribution is 2.30. The molecule has 0 radical (unpaired) electrons. The van der Waals surface area contributed by atoms with Gasteiger partial charge in [-0.1, -0.05) is 0 Å². The summed E-state index contributed by atoms with van der Waals surface area (Å²) in [7, 11) is 2.25. The van der Waals surface area contributed by atoms with Crippen molar-refractivity contribution in [1.29, 1.82) is 0 Å². The summed E-state index contributed by atoms with van der Waals surface area (Å²) in [5, 5.41) is 0. The van der Waals surface area contributed by atoms with Crippen LogP contribution in [0.4, 0.5) is 8.78 Å². The Balaban J connectivity index is 3.03. The summed E-state index contributed by atoms with van der Waals surface area (Å²) in [6.45, 7) is 0. The van der Waals surface area contributed by atoms with Crippen molar-refractivity contribution in [2.45, 2.75) is 5.92 Å². The Labute approximate surface area is 96.1 Å². The van der Waals surface area contributed by atoms with Crippen LogP contribution >= 0.6 is 0 Å². The summed E-state index contributed by atoms with van der Waals surface area (Å²) in [5.41, 5.74) is -0.589. The largest absolute Gasteiger partial charge is 0.497 e. The Kier molecular flexibility index (Phi) is 3.77. The van der Waals surface area contributed by atoms with Crippen LogP contribution in [0.2, 0.25) is 0 Å². The number of Topliss-reactive ketones (excluding diaryl/α,β-unsaturated/α-hetero) is 1. The maximum Gasteiger partial charge on any atom is 0.381 e. The maximum absolute atomic E-state index is 13.5. The lowest BCUT2D eigenvalue weighted by molar-refractivity contribution is -0.165. The second-order valence-corrected chi connectivity index (χ2v) is 3.12. The molecule has 0 aliphatic carbocycles. The van der Waals surface area contributed by atoms with Crippen molar-refractivity contribution in [3.05, 3.63) is 29.8 Å². The highest BCUT2D eigenvalue weighted by Gasteiger charge is 2.45.